The highest BCUT2D eigenvalue weighted by Crippen LogP contribution is 2.32. The number of imidazole rings is 1. The summed E-state index contributed by atoms with van der Waals surface area (Å²) >= 11 is 6.70. The number of hydrogen-bond acceptors (Lipinski definition) is 5. The van der Waals surface area contributed by atoms with E-state index in [0.29, 0.717) is 43.3 Å². The number of carbonyl (C=O) groups excluding carboxylic acids is 1. The highest BCUT2D eigenvalue weighted by atomic mass is 35.5. The molecule has 188 valence electrons. The van der Waals surface area contributed by atoms with Crippen LogP contribution < -0.4 is 10.1 Å². The number of ether oxygens (including phenoxy) is 1. The van der Waals surface area contributed by atoms with Crippen molar-refractivity contribution < 1.29 is 17.9 Å². The van der Waals surface area contributed by atoms with Crippen LogP contribution in [0.4, 0.5) is 0 Å². The molecule has 1 heterocycles. The summed E-state index contributed by atoms with van der Waals surface area (Å²) in [7, 11) is -1.38. The first-order valence-corrected chi connectivity index (χ1v) is 14.3. The molecule has 1 N–H and O–H groups in total. The average molecular weight is 510 g/mol. The molecule has 7 nitrogen and oxygen atoms in total. The standard InChI is InChI=1S/C25H36ClN3O4S/c1-6-22-28-23(25(30)27-15-17-7-10-19(11-8-17)34(5,31)32)24(26)29(22)20-12-9-18(13-16(2)3)14-21(20)33-4/h9,12,14,16-17,19H,6-8,10-11,13,15H2,1-5H3,(H,27,30)/t17-,19-. The van der Waals surface area contributed by atoms with Gasteiger partial charge in [0, 0.05) is 19.2 Å². The molecule has 1 aromatic heterocycles. The lowest BCUT2D eigenvalue weighted by Crippen LogP contribution is -2.34. The summed E-state index contributed by atoms with van der Waals surface area (Å²) < 4.78 is 31.0. The van der Waals surface area contributed by atoms with Crippen LogP contribution in [0.3, 0.4) is 0 Å². The second-order valence-corrected chi connectivity index (χ2v) is 12.3. The molecule has 34 heavy (non-hydrogen) atoms. The fourth-order valence-corrected chi connectivity index (χ4v) is 6.11. The number of nitrogens with one attached hydrogen (secondary N) is 1. The molecule has 0 saturated heterocycles. The Morgan fingerprint density at radius 1 is 1.26 bits per heavy atom. The van der Waals surface area contributed by atoms with Crippen molar-refractivity contribution in [2.24, 2.45) is 11.8 Å². The van der Waals surface area contributed by atoms with Crippen LogP contribution in [-0.4, -0.2) is 49.0 Å². The van der Waals surface area contributed by atoms with Gasteiger partial charge in [0.25, 0.3) is 5.91 Å². The van der Waals surface area contributed by atoms with E-state index in [9.17, 15) is 13.2 Å². The van der Waals surface area contributed by atoms with Crippen molar-refractivity contribution in [3.8, 4) is 11.4 Å². The van der Waals surface area contributed by atoms with Crippen molar-refractivity contribution >= 4 is 27.3 Å². The molecule has 3 rings (SSSR count). The lowest BCUT2D eigenvalue weighted by molar-refractivity contribution is 0.0939. The Kier molecular flexibility index (Phi) is 8.68. The second kappa shape index (κ2) is 11.1. The Hall–Kier alpha value is -2.06. The zero-order valence-electron chi connectivity index (χ0n) is 20.7. The Morgan fingerprint density at radius 3 is 2.50 bits per heavy atom. The summed E-state index contributed by atoms with van der Waals surface area (Å²) in [4.78, 5) is 17.5. The monoisotopic (exact) mass is 509 g/mol. The molecule has 0 aliphatic heterocycles. The molecule has 1 amide bonds. The van der Waals surface area contributed by atoms with Crippen LogP contribution in [0.2, 0.25) is 5.15 Å². The third-order valence-corrected chi connectivity index (χ3v) is 8.53. The van der Waals surface area contributed by atoms with Gasteiger partial charge >= 0.3 is 0 Å². The van der Waals surface area contributed by atoms with Crippen LogP contribution in [0.15, 0.2) is 18.2 Å². The van der Waals surface area contributed by atoms with Crippen molar-refractivity contribution in [1.82, 2.24) is 14.9 Å². The van der Waals surface area contributed by atoms with Gasteiger partial charge in [-0.3, -0.25) is 9.36 Å². The van der Waals surface area contributed by atoms with Crippen LogP contribution in [0.25, 0.3) is 5.69 Å². The van der Waals surface area contributed by atoms with Crippen molar-refractivity contribution in [3.05, 3.63) is 40.4 Å². The van der Waals surface area contributed by atoms with Gasteiger partial charge in [-0.05, 0) is 61.6 Å². The highest BCUT2D eigenvalue weighted by molar-refractivity contribution is 7.91. The number of benzene rings is 1. The van der Waals surface area contributed by atoms with E-state index < -0.39 is 9.84 Å². The molecule has 1 saturated carbocycles. The Morgan fingerprint density at radius 2 is 1.94 bits per heavy atom. The van der Waals surface area contributed by atoms with Gasteiger partial charge in [-0.25, -0.2) is 13.4 Å². The topological polar surface area (TPSA) is 90.3 Å². The molecule has 0 bridgehead atoms. The van der Waals surface area contributed by atoms with Gasteiger partial charge in [0.05, 0.1) is 18.0 Å². The van der Waals surface area contributed by atoms with E-state index in [-0.39, 0.29) is 27.9 Å². The molecular formula is C25H36ClN3O4S. The van der Waals surface area contributed by atoms with Crippen LogP contribution in [0.5, 0.6) is 5.75 Å². The molecule has 2 aromatic rings. The predicted octanol–water partition coefficient (Wildman–Crippen LogP) is 4.63. The van der Waals surface area contributed by atoms with E-state index >= 15 is 0 Å². The van der Waals surface area contributed by atoms with Crippen LogP contribution in [0.1, 0.15) is 68.3 Å². The summed E-state index contributed by atoms with van der Waals surface area (Å²) in [5.41, 5.74) is 2.12. The largest absolute Gasteiger partial charge is 0.495 e. The Labute approximate surface area is 208 Å². The van der Waals surface area contributed by atoms with Gasteiger partial charge in [0.15, 0.2) is 5.69 Å². The molecule has 0 radical (unpaired) electrons. The number of rotatable bonds is 9. The summed E-state index contributed by atoms with van der Waals surface area (Å²) in [5.74, 6) is 1.82. The maximum Gasteiger partial charge on any atom is 0.273 e. The number of sulfone groups is 1. The number of aromatic nitrogens is 2. The lowest BCUT2D eigenvalue weighted by atomic mass is 9.89. The third-order valence-electron chi connectivity index (χ3n) is 6.50. The van der Waals surface area contributed by atoms with E-state index in [4.69, 9.17) is 16.3 Å². The van der Waals surface area contributed by atoms with Crippen LogP contribution >= 0.6 is 11.6 Å². The molecule has 1 aliphatic carbocycles. The quantitative estimate of drug-likeness (QED) is 0.532. The maximum absolute atomic E-state index is 13.0. The molecule has 1 aromatic carbocycles. The van der Waals surface area contributed by atoms with Gasteiger partial charge in [0.1, 0.15) is 26.6 Å². The van der Waals surface area contributed by atoms with Crippen LogP contribution in [-0.2, 0) is 22.7 Å². The number of aryl methyl sites for hydroxylation is 1. The molecule has 1 fully saturated rings. The normalized spacial score (nSPS) is 18.8. The molecule has 1 aliphatic rings. The third kappa shape index (κ3) is 6.13. The number of halogens is 1. The van der Waals surface area contributed by atoms with E-state index in [2.05, 4.69) is 30.2 Å². The van der Waals surface area contributed by atoms with Gasteiger partial charge in [0.2, 0.25) is 0 Å². The van der Waals surface area contributed by atoms with Crippen molar-refractivity contribution in [1.29, 1.82) is 0 Å². The lowest BCUT2D eigenvalue weighted by Gasteiger charge is -2.27. The first-order valence-electron chi connectivity index (χ1n) is 12.0. The van der Waals surface area contributed by atoms with Crippen LogP contribution in [0, 0.1) is 11.8 Å². The van der Waals surface area contributed by atoms with Gasteiger partial charge < -0.3 is 10.1 Å². The van der Waals surface area contributed by atoms with Crippen molar-refractivity contribution in [2.45, 2.75) is 64.5 Å². The molecular weight excluding hydrogens is 474 g/mol. The van der Waals surface area contributed by atoms with E-state index in [0.717, 1.165) is 24.9 Å². The first kappa shape index (κ1) is 26.5. The average Bonchev–Trinajstić information content (AvgIpc) is 3.12. The van der Waals surface area contributed by atoms with E-state index in [1.807, 2.05) is 19.1 Å². The predicted molar refractivity (Wildman–Crippen MR) is 136 cm³/mol. The van der Waals surface area contributed by atoms with E-state index in [1.165, 1.54) is 11.8 Å². The first-order chi connectivity index (χ1) is 16.0. The fourth-order valence-electron chi connectivity index (χ4n) is 4.66. The number of carbonyl (C=O) groups is 1. The summed E-state index contributed by atoms with van der Waals surface area (Å²) in [6.45, 7) is 6.79. The number of methoxy groups -OCH3 is 1. The summed E-state index contributed by atoms with van der Waals surface area (Å²) in [5, 5.41) is 2.95. The number of hydrogen-bond donors (Lipinski definition) is 1. The van der Waals surface area contributed by atoms with Crippen molar-refractivity contribution in [2.75, 3.05) is 19.9 Å². The van der Waals surface area contributed by atoms with Gasteiger partial charge in [-0.15, -0.1) is 0 Å². The molecule has 9 heteroatoms. The molecule has 0 atom stereocenters. The van der Waals surface area contributed by atoms with Gasteiger partial charge in [-0.1, -0.05) is 38.4 Å². The van der Waals surface area contributed by atoms with Gasteiger partial charge in [-0.2, -0.15) is 0 Å². The minimum atomic E-state index is -3.00. The SMILES string of the molecule is CCc1nc(C(=O)NC[C@H]2CC[C@H](S(C)(=O)=O)CC2)c(Cl)n1-c1ccc(CC(C)C)cc1OC. The molecule has 0 unspecified atom stereocenters. The zero-order chi connectivity index (χ0) is 25.0. The van der Waals surface area contributed by atoms with E-state index in [1.54, 1.807) is 11.7 Å². The summed E-state index contributed by atoms with van der Waals surface area (Å²) in [6, 6.07) is 6.03. The minimum absolute atomic E-state index is 0.191. The Balaban J connectivity index is 1.77. The smallest absolute Gasteiger partial charge is 0.273 e. The zero-order valence-corrected chi connectivity index (χ0v) is 22.3. The highest BCUT2D eigenvalue weighted by Gasteiger charge is 2.29. The second-order valence-electron chi connectivity index (χ2n) is 9.64. The Bertz CT molecular complexity index is 1120. The molecule has 0 spiro atoms. The van der Waals surface area contributed by atoms with Crippen molar-refractivity contribution in [3.63, 3.8) is 0 Å². The number of nitrogens with zero attached hydrogens (tertiary/aromatic N) is 2. The maximum atomic E-state index is 13.0. The number of amides is 1. The minimum Gasteiger partial charge on any atom is -0.495 e. The fraction of sp³-hybridized carbons (Fsp3) is 0.600. The summed E-state index contributed by atoms with van der Waals surface area (Å²) in [6.07, 6.45) is 5.67.